The highest BCUT2D eigenvalue weighted by Crippen LogP contribution is 2.16. The van der Waals surface area contributed by atoms with E-state index in [4.69, 9.17) is 0 Å². The molecule has 0 aliphatic rings. The highest BCUT2D eigenvalue weighted by molar-refractivity contribution is 5.98. The van der Waals surface area contributed by atoms with Gasteiger partial charge >= 0.3 is 0 Å². The standard InChI is InChI=1S/C9H11NO2/c1-2-3-8(11)7-4-5-10-6-9(7)12/h4-6,12H,2-3H2,1H3. The average molecular weight is 165 g/mol. The molecular formula is C9H11NO2. The van der Waals surface area contributed by atoms with Crippen LogP contribution >= 0.6 is 0 Å². The van der Waals surface area contributed by atoms with Gasteiger partial charge in [-0.1, -0.05) is 6.92 Å². The minimum Gasteiger partial charge on any atom is -0.506 e. The molecule has 1 N–H and O–H groups in total. The van der Waals surface area contributed by atoms with Crippen molar-refractivity contribution >= 4 is 5.78 Å². The Kier molecular flexibility index (Phi) is 2.80. The van der Waals surface area contributed by atoms with Gasteiger partial charge in [-0.15, -0.1) is 0 Å². The van der Waals surface area contributed by atoms with E-state index in [1.54, 1.807) is 0 Å². The molecule has 1 aromatic heterocycles. The number of rotatable bonds is 3. The molecular weight excluding hydrogens is 154 g/mol. The summed E-state index contributed by atoms with van der Waals surface area (Å²) in [4.78, 5) is 15.0. The molecule has 0 fully saturated rings. The van der Waals surface area contributed by atoms with E-state index in [1.165, 1.54) is 18.5 Å². The first-order chi connectivity index (χ1) is 5.75. The number of ketones is 1. The van der Waals surface area contributed by atoms with Gasteiger partial charge in [0, 0.05) is 12.6 Å². The topological polar surface area (TPSA) is 50.2 Å². The maximum Gasteiger partial charge on any atom is 0.166 e. The summed E-state index contributed by atoms with van der Waals surface area (Å²) in [7, 11) is 0. The van der Waals surface area contributed by atoms with Crippen LogP contribution in [0, 0.1) is 0 Å². The third-order valence-corrected chi connectivity index (χ3v) is 1.58. The van der Waals surface area contributed by atoms with Gasteiger partial charge in [0.2, 0.25) is 0 Å². The van der Waals surface area contributed by atoms with Crippen LogP contribution in [0.2, 0.25) is 0 Å². The first kappa shape index (κ1) is 8.71. The Hall–Kier alpha value is -1.38. The number of hydrogen-bond acceptors (Lipinski definition) is 3. The fraction of sp³-hybridized carbons (Fsp3) is 0.333. The van der Waals surface area contributed by atoms with Gasteiger partial charge < -0.3 is 5.11 Å². The average Bonchev–Trinajstić information content (AvgIpc) is 2.05. The van der Waals surface area contributed by atoms with Crippen molar-refractivity contribution in [2.45, 2.75) is 19.8 Å². The van der Waals surface area contributed by atoms with Gasteiger partial charge in [0.25, 0.3) is 0 Å². The molecule has 0 saturated heterocycles. The third-order valence-electron chi connectivity index (χ3n) is 1.58. The van der Waals surface area contributed by atoms with Crippen molar-refractivity contribution in [2.24, 2.45) is 0 Å². The SMILES string of the molecule is CCCC(=O)c1ccncc1O. The van der Waals surface area contributed by atoms with Gasteiger partial charge in [-0.2, -0.15) is 0 Å². The molecule has 0 aromatic carbocycles. The molecule has 3 nitrogen and oxygen atoms in total. The van der Waals surface area contributed by atoms with Crippen LogP contribution in [0.4, 0.5) is 0 Å². The molecule has 1 heterocycles. The van der Waals surface area contributed by atoms with Crippen molar-refractivity contribution in [3.8, 4) is 5.75 Å². The van der Waals surface area contributed by atoms with Crippen molar-refractivity contribution < 1.29 is 9.90 Å². The molecule has 0 aliphatic heterocycles. The second kappa shape index (κ2) is 3.85. The smallest absolute Gasteiger partial charge is 0.166 e. The van der Waals surface area contributed by atoms with Crippen LogP contribution in [0.1, 0.15) is 30.1 Å². The Morgan fingerprint density at radius 1 is 1.67 bits per heavy atom. The van der Waals surface area contributed by atoms with Gasteiger partial charge in [0.1, 0.15) is 5.75 Å². The minimum absolute atomic E-state index is 0.0302. The molecule has 0 radical (unpaired) electrons. The maximum atomic E-state index is 11.3. The summed E-state index contributed by atoms with van der Waals surface area (Å²) in [5.74, 6) is -0.0617. The van der Waals surface area contributed by atoms with E-state index in [0.717, 1.165) is 6.42 Å². The number of hydrogen-bond donors (Lipinski definition) is 1. The molecule has 1 rings (SSSR count). The van der Waals surface area contributed by atoms with Crippen LogP contribution < -0.4 is 0 Å². The van der Waals surface area contributed by atoms with E-state index in [-0.39, 0.29) is 11.5 Å². The zero-order valence-corrected chi connectivity index (χ0v) is 6.95. The number of nitrogens with zero attached hydrogens (tertiary/aromatic N) is 1. The van der Waals surface area contributed by atoms with Crippen LogP contribution in [-0.4, -0.2) is 15.9 Å². The number of pyridine rings is 1. The number of carbonyl (C=O) groups is 1. The van der Waals surface area contributed by atoms with Crippen LogP contribution in [0.25, 0.3) is 0 Å². The quantitative estimate of drug-likeness (QED) is 0.694. The molecule has 0 bridgehead atoms. The second-order valence-electron chi connectivity index (χ2n) is 2.57. The van der Waals surface area contributed by atoms with E-state index in [0.29, 0.717) is 12.0 Å². The number of aromatic hydroxyl groups is 1. The molecule has 0 spiro atoms. The zero-order valence-electron chi connectivity index (χ0n) is 6.95. The summed E-state index contributed by atoms with van der Waals surface area (Å²) >= 11 is 0. The molecule has 0 aliphatic carbocycles. The van der Waals surface area contributed by atoms with Crippen molar-refractivity contribution in [2.75, 3.05) is 0 Å². The predicted octanol–water partition coefficient (Wildman–Crippen LogP) is 1.77. The Morgan fingerprint density at radius 3 is 3.00 bits per heavy atom. The molecule has 0 amide bonds. The minimum atomic E-state index is -0.0315. The number of aromatic nitrogens is 1. The lowest BCUT2D eigenvalue weighted by Crippen LogP contribution is -1.98. The van der Waals surface area contributed by atoms with Gasteiger partial charge in [-0.05, 0) is 12.5 Å². The van der Waals surface area contributed by atoms with Crippen LogP contribution in [0.5, 0.6) is 5.75 Å². The van der Waals surface area contributed by atoms with E-state index in [9.17, 15) is 9.90 Å². The molecule has 64 valence electrons. The van der Waals surface area contributed by atoms with Crippen LogP contribution in [-0.2, 0) is 0 Å². The summed E-state index contributed by atoms with van der Waals surface area (Å²) < 4.78 is 0. The lowest BCUT2D eigenvalue weighted by molar-refractivity contribution is 0.0979. The molecule has 1 aromatic rings. The zero-order chi connectivity index (χ0) is 8.97. The first-order valence-corrected chi connectivity index (χ1v) is 3.92. The second-order valence-corrected chi connectivity index (χ2v) is 2.57. The fourth-order valence-electron chi connectivity index (χ4n) is 0.984. The fourth-order valence-corrected chi connectivity index (χ4v) is 0.984. The van der Waals surface area contributed by atoms with Crippen molar-refractivity contribution in [3.05, 3.63) is 24.0 Å². The molecule has 3 heteroatoms. The first-order valence-electron chi connectivity index (χ1n) is 3.92. The molecule has 0 unspecified atom stereocenters. The van der Waals surface area contributed by atoms with Crippen molar-refractivity contribution in [1.29, 1.82) is 0 Å². The number of carbonyl (C=O) groups excluding carboxylic acids is 1. The molecule has 12 heavy (non-hydrogen) atoms. The monoisotopic (exact) mass is 165 g/mol. The predicted molar refractivity (Wildman–Crippen MR) is 45.1 cm³/mol. The Balaban J connectivity index is 2.87. The summed E-state index contributed by atoms with van der Waals surface area (Å²) in [5.41, 5.74) is 0.367. The lowest BCUT2D eigenvalue weighted by Gasteiger charge is -2.00. The van der Waals surface area contributed by atoms with E-state index in [2.05, 4.69) is 4.98 Å². The Morgan fingerprint density at radius 2 is 2.42 bits per heavy atom. The van der Waals surface area contributed by atoms with Gasteiger partial charge in [0.15, 0.2) is 5.78 Å². The lowest BCUT2D eigenvalue weighted by atomic mass is 10.1. The summed E-state index contributed by atoms with van der Waals surface area (Å²) in [6.45, 7) is 1.93. The Labute approximate surface area is 71.1 Å². The maximum absolute atomic E-state index is 11.3. The Bertz CT molecular complexity index is 284. The highest BCUT2D eigenvalue weighted by Gasteiger charge is 2.08. The van der Waals surface area contributed by atoms with Crippen LogP contribution in [0.15, 0.2) is 18.5 Å². The normalized spacial score (nSPS) is 9.75. The van der Waals surface area contributed by atoms with Gasteiger partial charge in [-0.3, -0.25) is 9.78 Å². The van der Waals surface area contributed by atoms with Crippen LogP contribution in [0.3, 0.4) is 0 Å². The van der Waals surface area contributed by atoms with Gasteiger partial charge in [0.05, 0.1) is 11.8 Å². The van der Waals surface area contributed by atoms with E-state index in [1.807, 2.05) is 6.92 Å². The summed E-state index contributed by atoms with van der Waals surface area (Å²) in [6, 6.07) is 1.54. The third kappa shape index (κ3) is 1.81. The highest BCUT2D eigenvalue weighted by atomic mass is 16.3. The summed E-state index contributed by atoms with van der Waals surface area (Å²) in [5, 5.41) is 9.22. The van der Waals surface area contributed by atoms with Gasteiger partial charge in [-0.25, -0.2) is 0 Å². The van der Waals surface area contributed by atoms with E-state index >= 15 is 0 Å². The number of Topliss-reactive ketones (excluding diaryl/α,β-unsaturated/α-hetero) is 1. The van der Waals surface area contributed by atoms with Crippen molar-refractivity contribution in [1.82, 2.24) is 4.98 Å². The molecule has 0 saturated carbocycles. The van der Waals surface area contributed by atoms with E-state index < -0.39 is 0 Å². The van der Waals surface area contributed by atoms with Crippen molar-refractivity contribution in [3.63, 3.8) is 0 Å². The largest absolute Gasteiger partial charge is 0.506 e. The summed E-state index contributed by atoms with van der Waals surface area (Å²) in [6.07, 6.45) is 4.05. The molecule has 0 atom stereocenters.